The zero-order valence-electron chi connectivity index (χ0n) is 14.7. The standard InChI is InChI=1S/C16H28N4OS.2ClH/c1-4-17-12(2)9-18-16(21)14-5-7-20(8-6-14)10-15-11-22-13(3)19-15;;/h11-12,14,17H,4-10H2,1-3H3,(H,18,21);2*1H/t12-;;/m1../s1. The zero-order chi connectivity index (χ0) is 15.9. The third-order valence-electron chi connectivity index (χ3n) is 4.15. The molecule has 0 spiro atoms. The molecule has 2 rings (SSSR count). The van der Waals surface area contributed by atoms with Crippen molar-refractivity contribution in [2.45, 2.75) is 46.2 Å². The van der Waals surface area contributed by atoms with E-state index in [1.54, 1.807) is 11.3 Å². The number of hydrogen-bond acceptors (Lipinski definition) is 5. The van der Waals surface area contributed by atoms with Crippen LogP contribution in [0.1, 0.15) is 37.4 Å². The largest absolute Gasteiger partial charge is 0.354 e. The van der Waals surface area contributed by atoms with E-state index >= 15 is 0 Å². The molecule has 8 heteroatoms. The maximum atomic E-state index is 12.2. The Bertz CT molecular complexity index is 478. The lowest BCUT2D eigenvalue weighted by atomic mass is 9.95. The van der Waals surface area contributed by atoms with E-state index in [1.165, 1.54) is 0 Å². The van der Waals surface area contributed by atoms with Crippen LogP contribution in [0, 0.1) is 12.8 Å². The molecule has 5 nitrogen and oxygen atoms in total. The van der Waals surface area contributed by atoms with Gasteiger partial charge >= 0.3 is 0 Å². The average molecular weight is 397 g/mol. The maximum Gasteiger partial charge on any atom is 0.223 e. The molecule has 0 radical (unpaired) electrons. The summed E-state index contributed by atoms with van der Waals surface area (Å²) in [6.45, 7) is 10.8. The molecule has 0 aliphatic carbocycles. The van der Waals surface area contributed by atoms with Gasteiger partial charge in [0.25, 0.3) is 0 Å². The minimum absolute atomic E-state index is 0. The molecule has 1 aromatic rings. The fraction of sp³-hybridized carbons (Fsp3) is 0.750. The summed E-state index contributed by atoms with van der Waals surface area (Å²) < 4.78 is 0. The molecule has 1 aliphatic rings. The number of amides is 1. The Balaban J connectivity index is 0.00000264. The molecule has 0 bridgehead atoms. The van der Waals surface area contributed by atoms with Gasteiger partial charge in [0.15, 0.2) is 0 Å². The normalized spacial score (nSPS) is 16.8. The summed E-state index contributed by atoms with van der Waals surface area (Å²) in [6.07, 6.45) is 1.90. The monoisotopic (exact) mass is 396 g/mol. The summed E-state index contributed by atoms with van der Waals surface area (Å²) in [5.41, 5.74) is 1.16. The first kappa shape index (κ1) is 23.6. The van der Waals surface area contributed by atoms with Crippen LogP contribution in [-0.2, 0) is 11.3 Å². The minimum atomic E-state index is 0. The first-order valence-electron chi connectivity index (χ1n) is 8.23. The Hall–Kier alpha value is -0.400. The number of halogens is 2. The molecule has 1 fully saturated rings. The fourth-order valence-corrected chi connectivity index (χ4v) is 3.49. The first-order valence-corrected chi connectivity index (χ1v) is 9.11. The average Bonchev–Trinajstić information content (AvgIpc) is 2.91. The van der Waals surface area contributed by atoms with Crippen molar-refractivity contribution in [2.75, 3.05) is 26.2 Å². The number of carbonyl (C=O) groups excluding carboxylic acids is 1. The molecule has 1 saturated heterocycles. The highest BCUT2D eigenvalue weighted by Gasteiger charge is 2.25. The van der Waals surface area contributed by atoms with E-state index in [-0.39, 0.29) is 36.6 Å². The van der Waals surface area contributed by atoms with Crippen molar-refractivity contribution >= 4 is 42.1 Å². The van der Waals surface area contributed by atoms with Crippen LogP contribution in [0.25, 0.3) is 0 Å². The smallest absolute Gasteiger partial charge is 0.223 e. The van der Waals surface area contributed by atoms with E-state index in [0.29, 0.717) is 12.6 Å². The summed E-state index contributed by atoms with van der Waals surface area (Å²) in [5.74, 6) is 0.385. The molecular formula is C16H30Cl2N4OS. The molecule has 0 unspecified atom stereocenters. The molecule has 1 aromatic heterocycles. The van der Waals surface area contributed by atoms with Crippen molar-refractivity contribution in [1.82, 2.24) is 20.5 Å². The third-order valence-corrected chi connectivity index (χ3v) is 4.97. The number of rotatable bonds is 7. The van der Waals surface area contributed by atoms with Crippen molar-refractivity contribution in [2.24, 2.45) is 5.92 Å². The van der Waals surface area contributed by atoms with Crippen molar-refractivity contribution in [3.05, 3.63) is 16.1 Å². The number of thiazole rings is 1. The van der Waals surface area contributed by atoms with Crippen LogP contribution in [-0.4, -0.2) is 48.0 Å². The number of nitrogens with one attached hydrogen (secondary N) is 2. The molecule has 2 N–H and O–H groups in total. The first-order chi connectivity index (χ1) is 10.6. The number of aryl methyl sites for hydroxylation is 1. The van der Waals surface area contributed by atoms with Crippen LogP contribution in [0.2, 0.25) is 0 Å². The number of aromatic nitrogens is 1. The van der Waals surface area contributed by atoms with Crippen LogP contribution in [0.15, 0.2) is 5.38 Å². The molecule has 1 atom stereocenters. The van der Waals surface area contributed by atoms with E-state index in [2.05, 4.69) is 39.7 Å². The number of likely N-dealkylation sites (tertiary alicyclic amines) is 1. The quantitative estimate of drug-likeness (QED) is 0.743. The second-order valence-electron chi connectivity index (χ2n) is 6.11. The highest BCUT2D eigenvalue weighted by atomic mass is 35.5. The van der Waals surface area contributed by atoms with Gasteiger partial charge in [-0.3, -0.25) is 9.69 Å². The van der Waals surface area contributed by atoms with Gasteiger partial charge < -0.3 is 10.6 Å². The lowest BCUT2D eigenvalue weighted by Gasteiger charge is -2.31. The Morgan fingerprint density at radius 2 is 2.08 bits per heavy atom. The van der Waals surface area contributed by atoms with E-state index in [0.717, 1.165) is 49.7 Å². The van der Waals surface area contributed by atoms with Gasteiger partial charge in [-0.15, -0.1) is 36.2 Å². The third kappa shape index (κ3) is 7.66. The van der Waals surface area contributed by atoms with Crippen molar-refractivity contribution in [3.63, 3.8) is 0 Å². The van der Waals surface area contributed by atoms with E-state index < -0.39 is 0 Å². The molecule has 1 amide bonds. The summed E-state index contributed by atoms with van der Waals surface area (Å²) in [7, 11) is 0. The van der Waals surface area contributed by atoms with Crippen LogP contribution < -0.4 is 10.6 Å². The van der Waals surface area contributed by atoms with Gasteiger partial charge in [0.1, 0.15) is 0 Å². The molecule has 1 aliphatic heterocycles. The Kier molecular flexibility index (Phi) is 11.8. The van der Waals surface area contributed by atoms with Crippen molar-refractivity contribution in [1.29, 1.82) is 0 Å². The number of hydrogen-bond donors (Lipinski definition) is 2. The van der Waals surface area contributed by atoms with Gasteiger partial charge in [-0.05, 0) is 46.3 Å². The lowest BCUT2D eigenvalue weighted by molar-refractivity contribution is -0.126. The summed E-state index contributed by atoms with van der Waals surface area (Å²) in [6, 6.07) is 0.335. The van der Waals surface area contributed by atoms with Gasteiger partial charge in [0.2, 0.25) is 5.91 Å². The molecule has 0 aromatic carbocycles. The highest BCUT2D eigenvalue weighted by molar-refractivity contribution is 7.09. The van der Waals surface area contributed by atoms with E-state index in [9.17, 15) is 4.79 Å². The summed E-state index contributed by atoms with van der Waals surface area (Å²) >= 11 is 1.70. The highest BCUT2D eigenvalue weighted by Crippen LogP contribution is 2.19. The van der Waals surface area contributed by atoms with Gasteiger partial charge in [0.05, 0.1) is 10.7 Å². The molecule has 0 saturated carbocycles. The maximum absolute atomic E-state index is 12.2. The zero-order valence-corrected chi connectivity index (χ0v) is 17.2. The van der Waals surface area contributed by atoms with E-state index in [4.69, 9.17) is 0 Å². The van der Waals surface area contributed by atoms with Gasteiger partial charge in [-0.25, -0.2) is 4.98 Å². The predicted octanol–water partition coefficient (Wildman–Crippen LogP) is 2.62. The fourth-order valence-electron chi connectivity index (χ4n) is 2.88. The molecule has 140 valence electrons. The van der Waals surface area contributed by atoms with Gasteiger partial charge in [-0.1, -0.05) is 6.92 Å². The number of piperidine rings is 1. The number of carbonyl (C=O) groups is 1. The topological polar surface area (TPSA) is 57.3 Å². The molecular weight excluding hydrogens is 367 g/mol. The second-order valence-corrected chi connectivity index (χ2v) is 7.17. The van der Waals surface area contributed by atoms with Crippen molar-refractivity contribution in [3.8, 4) is 0 Å². The van der Waals surface area contributed by atoms with Gasteiger partial charge in [0, 0.05) is 30.4 Å². The van der Waals surface area contributed by atoms with Gasteiger partial charge in [-0.2, -0.15) is 0 Å². The van der Waals surface area contributed by atoms with Crippen LogP contribution in [0.3, 0.4) is 0 Å². The Morgan fingerprint density at radius 1 is 1.42 bits per heavy atom. The predicted molar refractivity (Wildman–Crippen MR) is 105 cm³/mol. The summed E-state index contributed by atoms with van der Waals surface area (Å²) in [5, 5.41) is 9.64. The number of likely N-dealkylation sites (N-methyl/N-ethyl adjacent to an activating group) is 1. The van der Waals surface area contributed by atoms with Crippen LogP contribution >= 0.6 is 36.2 Å². The summed E-state index contributed by atoms with van der Waals surface area (Å²) in [4.78, 5) is 19.1. The molecule has 2 heterocycles. The Morgan fingerprint density at radius 3 is 2.62 bits per heavy atom. The molecule has 24 heavy (non-hydrogen) atoms. The van der Waals surface area contributed by atoms with E-state index in [1.807, 2.05) is 6.92 Å². The SMILES string of the molecule is CCN[C@H](C)CNC(=O)C1CCN(Cc2csc(C)n2)CC1.Cl.Cl. The number of nitrogens with zero attached hydrogens (tertiary/aromatic N) is 2. The van der Waals surface area contributed by atoms with Crippen LogP contribution in [0.5, 0.6) is 0 Å². The lowest BCUT2D eigenvalue weighted by Crippen LogP contribution is -2.44. The Labute approximate surface area is 161 Å². The van der Waals surface area contributed by atoms with Crippen molar-refractivity contribution < 1.29 is 4.79 Å². The van der Waals surface area contributed by atoms with Crippen LogP contribution in [0.4, 0.5) is 0 Å². The second kappa shape index (κ2) is 12.0. The minimum Gasteiger partial charge on any atom is -0.354 e.